The van der Waals surface area contributed by atoms with Gasteiger partial charge < -0.3 is 11.5 Å². The van der Waals surface area contributed by atoms with Crippen LogP contribution in [0.25, 0.3) is 0 Å². The van der Waals surface area contributed by atoms with E-state index in [9.17, 15) is 8.42 Å². The molecule has 1 saturated heterocycles. The molecule has 3 rings (SSSR count). The molecule has 0 atom stereocenters. The first-order chi connectivity index (χ1) is 9.41. The number of nitrogen functional groups attached to an aromatic ring is 2. The molecule has 0 unspecified atom stereocenters. The second-order valence-electron chi connectivity index (χ2n) is 4.44. The van der Waals surface area contributed by atoms with Gasteiger partial charge in [0.15, 0.2) is 0 Å². The molecule has 0 spiro atoms. The second-order valence-corrected chi connectivity index (χ2v) is 5.59. The SMILES string of the molecule is Nc1cccc(C2(c3cccc(N)c3)OS(=O)(=O)O2)c1. The Morgan fingerprint density at radius 3 is 1.65 bits per heavy atom. The van der Waals surface area contributed by atoms with Gasteiger partial charge in [-0.25, -0.2) is 8.37 Å². The van der Waals surface area contributed by atoms with Crippen LogP contribution in [-0.4, -0.2) is 8.42 Å². The van der Waals surface area contributed by atoms with Crippen molar-refractivity contribution in [1.29, 1.82) is 0 Å². The van der Waals surface area contributed by atoms with Crippen LogP contribution < -0.4 is 11.5 Å². The first-order valence-electron chi connectivity index (χ1n) is 5.79. The van der Waals surface area contributed by atoms with Gasteiger partial charge in [0.2, 0.25) is 0 Å². The smallest absolute Gasteiger partial charge is 0.399 e. The fraction of sp³-hybridized carbons (Fsp3) is 0.0769. The molecule has 0 aliphatic carbocycles. The summed E-state index contributed by atoms with van der Waals surface area (Å²) in [4.78, 5) is 0. The average molecular weight is 292 g/mol. The molecular weight excluding hydrogens is 280 g/mol. The van der Waals surface area contributed by atoms with Gasteiger partial charge in [0.05, 0.1) is 0 Å². The van der Waals surface area contributed by atoms with E-state index < -0.39 is 16.2 Å². The Morgan fingerprint density at radius 1 is 0.850 bits per heavy atom. The average Bonchev–Trinajstić information content (AvgIpc) is 2.35. The molecule has 0 aromatic heterocycles. The van der Waals surface area contributed by atoms with Crippen LogP contribution in [-0.2, 0) is 24.6 Å². The highest BCUT2D eigenvalue weighted by atomic mass is 32.3. The van der Waals surface area contributed by atoms with Gasteiger partial charge in [0.1, 0.15) is 0 Å². The molecule has 1 aliphatic rings. The lowest BCUT2D eigenvalue weighted by Gasteiger charge is -2.39. The van der Waals surface area contributed by atoms with Crippen LogP contribution in [0.1, 0.15) is 11.1 Å². The molecule has 0 bridgehead atoms. The summed E-state index contributed by atoms with van der Waals surface area (Å²) in [6, 6.07) is 13.3. The van der Waals surface area contributed by atoms with Crippen molar-refractivity contribution in [2.75, 3.05) is 11.5 Å². The number of nitrogens with two attached hydrogens (primary N) is 2. The van der Waals surface area contributed by atoms with Crippen LogP contribution in [0.2, 0.25) is 0 Å². The fourth-order valence-corrected chi connectivity index (χ4v) is 3.11. The minimum absolute atomic E-state index is 0.474. The third-order valence-electron chi connectivity index (χ3n) is 2.97. The van der Waals surface area contributed by atoms with Gasteiger partial charge in [-0.3, -0.25) is 0 Å². The first-order valence-corrected chi connectivity index (χ1v) is 7.13. The van der Waals surface area contributed by atoms with Crippen molar-refractivity contribution in [3.8, 4) is 0 Å². The van der Waals surface area contributed by atoms with Gasteiger partial charge in [-0.15, -0.1) is 0 Å². The van der Waals surface area contributed by atoms with Gasteiger partial charge in [-0.1, -0.05) is 24.3 Å². The lowest BCUT2D eigenvalue weighted by Crippen LogP contribution is -2.48. The monoisotopic (exact) mass is 292 g/mol. The topological polar surface area (TPSA) is 105 Å². The van der Waals surface area contributed by atoms with Gasteiger partial charge >= 0.3 is 10.4 Å². The Morgan fingerprint density at radius 2 is 1.30 bits per heavy atom. The minimum atomic E-state index is -3.99. The zero-order valence-electron chi connectivity index (χ0n) is 10.3. The Balaban J connectivity index is 2.16. The number of benzene rings is 2. The summed E-state index contributed by atoms with van der Waals surface area (Å²) in [5.74, 6) is -1.52. The Labute approximate surface area is 116 Å². The molecule has 2 aromatic carbocycles. The van der Waals surface area contributed by atoms with Crippen LogP contribution in [0.5, 0.6) is 0 Å². The van der Waals surface area contributed by atoms with Crippen molar-refractivity contribution < 1.29 is 16.8 Å². The predicted octanol–water partition coefficient (Wildman–Crippen LogP) is 1.34. The molecule has 1 fully saturated rings. The maximum absolute atomic E-state index is 11.3. The Bertz CT molecular complexity index is 714. The van der Waals surface area contributed by atoms with E-state index in [0.717, 1.165) is 0 Å². The van der Waals surface area contributed by atoms with Crippen molar-refractivity contribution in [2.24, 2.45) is 0 Å². The number of hydrogen-bond donors (Lipinski definition) is 2. The molecule has 1 aliphatic heterocycles. The number of rotatable bonds is 2. The fourth-order valence-electron chi connectivity index (χ4n) is 2.14. The number of anilines is 2. The molecule has 1 heterocycles. The van der Waals surface area contributed by atoms with E-state index in [2.05, 4.69) is 0 Å². The van der Waals surface area contributed by atoms with Crippen LogP contribution >= 0.6 is 0 Å². The quantitative estimate of drug-likeness (QED) is 0.809. The van der Waals surface area contributed by atoms with Crippen LogP contribution in [0, 0.1) is 0 Å². The first kappa shape index (κ1) is 12.9. The molecule has 6 nitrogen and oxygen atoms in total. The Kier molecular flexibility index (Phi) is 2.72. The molecule has 104 valence electrons. The van der Waals surface area contributed by atoms with Crippen LogP contribution in [0.15, 0.2) is 48.5 Å². The van der Waals surface area contributed by atoms with Gasteiger partial charge in [0.25, 0.3) is 5.79 Å². The van der Waals surface area contributed by atoms with E-state index in [-0.39, 0.29) is 0 Å². The molecular formula is C13H12N2O4S. The molecule has 4 N–H and O–H groups in total. The largest absolute Gasteiger partial charge is 0.406 e. The molecule has 7 heteroatoms. The normalized spacial score (nSPS) is 19.2. The standard InChI is InChI=1S/C13H12N2O4S/c14-11-5-1-3-9(7-11)13(18-20(16,17)19-13)10-4-2-6-12(15)8-10/h1-8H,14-15H2. The maximum Gasteiger partial charge on any atom is 0.406 e. The van der Waals surface area contributed by atoms with E-state index in [1.165, 1.54) is 0 Å². The highest BCUT2D eigenvalue weighted by Gasteiger charge is 2.55. The minimum Gasteiger partial charge on any atom is -0.399 e. The summed E-state index contributed by atoms with van der Waals surface area (Å²) in [5, 5.41) is 0. The molecule has 0 amide bonds. The number of hydrogen-bond acceptors (Lipinski definition) is 6. The summed E-state index contributed by atoms with van der Waals surface area (Å²) >= 11 is 0. The van der Waals surface area contributed by atoms with E-state index in [1.807, 2.05) is 0 Å². The zero-order valence-corrected chi connectivity index (χ0v) is 11.1. The predicted molar refractivity (Wildman–Crippen MR) is 73.6 cm³/mol. The summed E-state index contributed by atoms with van der Waals surface area (Å²) in [6.45, 7) is 0. The Hall–Kier alpha value is -2.09. The van der Waals surface area contributed by atoms with Crippen molar-refractivity contribution in [3.63, 3.8) is 0 Å². The van der Waals surface area contributed by atoms with Gasteiger partial charge in [-0.2, -0.15) is 8.42 Å². The summed E-state index contributed by atoms with van der Waals surface area (Å²) < 4.78 is 32.7. The summed E-state index contributed by atoms with van der Waals surface area (Å²) in [7, 11) is -3.99. The highest BCUT2D eigenvalue weighted by Crippen LogP contribution is 2.46. The third kappa shape index (κ3) is 2.01. The van der Waals surface area contributed by atoms with E-state index in [1.54, 1.807) is 48.5 Å². The summed E-state index contributed by atoms with van der Waals surface area (Å²) in [6.07, 6.45) is 0. The van der Waals surface area contributed by atoms with E-state index in [0.29, 0.717) is 22.5 Å². The second kappa shape index (κ2) is 4.20. The van der Waals surface area contributed by atoms with Crippen molar-refractivity contribution in [3.05, 3.63) is 59.7 Å². The maximum atomic E-state index is 11.3. The zero-order chi connectivity index (χ0) is 14.4. The van der Waals surface area contributed by atoms with Crippen molar-refractivity contribution in [1.82, 2.24) is 0 Å². The van der Waals surface area contributed by atoms with Gasteiger partial charge in [0, 0.05) is 22.5 Å². The highest BCUT2D eigenvalue weighted by molar-refractivity contribution is 7.82. The molecule has 20 heavy (non-hydrogen) atoms. The van der Waals surface area contributed by atoms with E-state index >= 15 is 0 Å². The molecule has 0 radical (unpaired) electrons. The molecule has 0 saturated carbocycles. The van der Waals surface area contributed by atoms with Gasteiger partial charge in [-0.05, 0) is 24.3 Å². The third-order valence-corrected chi connectivity index (χ3v) is 3.85. The van der Waals surface area contributed by atoms with Crippen LogP contribution in [0.4, 0.5) is 11.4 Å². The lowest BCUT2D eigenvalue weighted by molar-refractivity contribution is -0.162. The lowest BCUT2D eigenvalue weighted by atomic mass is 9.97. The van der Waals surface area contributed by atoms with E-state index in [4.69, 9.17) is 19.8 Å². The van der Waals surface area contributed by atoms with Crippen LogP contribution in [0.3, 0.4) is 0 Å². The van der Waals surface area contributed by atoms with Crippen molar-refractivity contribution in [2.45, 2.75) is 5.79 Å². The summed E-state index contributed by atoms with van der Waals surface area (Å²) in [5.41, 5.74) is 13.4. The van der Waals surface area contributed by atoms with Crippen molar-refractivity contribution >= 4 is 21.8 Å². The molecule has 2 aromatic rings.